The number of rotatable bonds is 5. The zero-order valence-corrected chi connectivity index (χ0v) is 11.4. The quantitative estimate of drug-likeness (QED) is 0.888. The molecule has 1 aliphatic carbocycles. The summed E-state index contributed by atoms with van der Waals surface area (Å²) in [5.74, 6) is -0.855. The summed E-state index contributed by atoms with van der Waals surface area (Å²) in [4.78, 5) is 2.29. The van der Waals surface area contributed by atoms with Gasteiger partial charge in [-0.15, -0.1) is 0 Å². The second kappa shape index (κ2) is 6.44. The van der Waals surface area contributed by atoms with Gasteiger partial charge in [-0.25, -0.2) is 8.78 Å². The van der Waals surface area contributed by atoms with Crippen molar-refractivity contribution in [3.05, 3.63) is 35.4 Å². The molecule has 0 radical (unpaired) electrons. The Morgan fingerprint density at radius 2 is 2.00 bits per heavy atom. The molecule has 0 bridgehead atoms. The molecule has 1 aromatic rings. The van der Waals surface area contributed by atoms with Crippen LogP contribution in [0.2, 0.25) is 0 Å². The molecule has 0 aromatic heterocycles. The maximum atomic E-state index is 13.7. The zero-order chi connectivity index (χ0) is 13.8. The highest BCUT2D eigenvalue weighted by Gasteiger charge is 2.24. The van der Waals surface area contributed by atoms with Gasteiger partial charge in [0.1, 0.15) is 11.6 Å². The molecule has 19 heavy (non-hydrogen) atoms. The smallest absolute Gasteiger partial charge is 0.128 e. The van der Waals surface area contributed by atoms with Gasteiger partial charge in [-0.05, 0) is 37.6 Å². The first-order valence-electron chi connectivity index (χ1n) is 7.06. The van der Waals surface area contributed by atoms with E-state index in [9.17, 15) is 8.78 Å². The fraction of sp³-hybridized carbons (Fsp3) is 0.600. The molecule has 0 saturated heterocycles. The molecule has 2 nitrogen and oxygen atoms in total. The van der Waals surface area contributed by atoms with Crippen molar-refractivity contribution in [2.45, 2.75) is 44.7 Å². The van der Waals surface area contributed by atoms with Crippen LogP contribution in [0.1, 0.15) is 44.2 Å². The molecule has 0 aliphatic heterocycles. The average molecular weight is 268 g/mol. The number of hydrogen-bond acceptors (Lipinski definition) is 2. The number of hydrogen-bond donors (Lipinski definition) is 1. The highest BCUT2D eigenvalue weighted by atomic mass is 19.1. The molecule has 2 N–H and O–H groups in total. The predicted molar refractivity (Wildman–Crippen MR) is 72.8 cm³/mol. The van der Waals surface area contributed by atoms with Crippen molar-refractivity contribution in [1.29, 1.82) is 0 Å². The SMILES string of the molecule is CCN(CC(N)c1cc(F)ccc1F)C1CCCC1. The van der Waals surface area contributed by atoms with Crippen LogP contribution in [0.4, 0.5) is 8.78 Å². The fourth-order valence-corrected chi connectivity index (χ4v) is 2.96. The van der Waals surface area contributed by atoms with Gasteiger partial charge in [0, 0.05) is 24.2 Å². The van der Waals surface area contributed by atoms with Gasteiger partial charge in [0.15, 0.2) is 0 Å². The van der Waals surface area contributed by atoms with E-state index in [-0.39, 0.29) is 5.56 Å². The van der Waals surface area contributed by atoms with Gasteiger partial charge in [-0.2, -0.15) is 0 Å². The van der Waals surface area contributed by atoms with Gasteiger partial charge in [-0.1, -0.05) is 19.8 Å². The lowest BCUT2D eigenvalue weighted by Gasteiger charge is -2.30. The Labute approximate surface area is 113 Å². The predicted octanol–water partition coefficient (Wildman–Crippen LogP) is 3.23. The summed E-state index contributed by atoms with van der Waals surface area (Å²) < 4.78 is 26.9. The molecule has 0 amide bonds. The summed E-state index contributed by atoms with van der Waals surface area (Å²) >= 11 is 0. The van der Waals surface area contributed by atoms with Crippen molar-refractivity contribution in [3.8, 4) is 0 Å². The number of nitrogens with zero attached hydrogens (tertiary/aromatic N) is 1. The summed E-state index contributed by atoms with van der Waals surface area (Å²) in [7, 11) is 0. The van der Waals surface area contributed by atoms with Crippen molar-refractivity contribution in [1.82, 2.24) is 4.90 Å². The molecule has 1 unspecified atom stereocenters. The van der Waals surface area contributed by atoms with E-state index in [1.54, 1.807) is 0 Å². The van der Waals surface area contributed by atoms with E-state index in [0.29, 0.717) is 12.6 Å². The lowest BCUT2D eigenvalue weighted by atomic mass is 10.0. The third-order valence-corrected chi connectivity index (χ3v) is 4.04. The van der Waals surface area contributed by atoms with Crippen molar-refractivity contribution in [2.24, 2.45) is 5.73 Å². The molecule has 0 heterocycles. The van der Waals surface area contributed by atoms with E-state index in [1.165, 1.54) is 31.7 Å². The number of nitrogens with two attached hydrogens (primary N) is 1. The highest BCUT2D eigenvalue weighted by molar-refractivity contribution is 5.22. The molecule has 1 aliphatic rings. The van der Waals surface area contributed by atoms with Crippen LogP contribution in [-0.4, -0.2) is 24.0 Å². The maximum Gasteiger partial charge on any atom is 0.128 e. The Balaban J connectivity index is 2.06. The zero-order valence-electron chi connectivity index (χ0n) is 11.4. The van der Waals surface area contributed by atoms with Crippen LogP contribution in [0.15, 0.2) is 18.2 Å². The van der Waals surface area contributed by atoms with Gasteiger partial charge in [0.2, 0.25) is 0 Å². The van der Waals surface area contributed by atoms with Gasteiger partial charge >= 0.3 is 0 Å². The van der Waals surface area contributed by atoms with Crippen molar-refractivity contribution in [2.75, 3.05) is 13.1 Å². The van der Waals surface area contributed by atoms with Crippen LogP contribution in [0.5, 0.6) is 0 Å². The average Bonchev–Trinajstić information content (AvgIpc) is 2.92. The number of halogens is 2. The fourth-order valence-electron chi connectivity index (χ4n) is 2.96. The monoisotopic (exact) mass is 268 g/mol. The van der Waals surface area contributed by atoms with Crippen LogP contribution in [0, 0.1) is 11.6 Å². The minimum absolute atomic E-state index is 0.274. The van der Waals surface area contributed by atoms with Crippen molar-refractivity contribution >= 4 is 0 Å². The summed E-state index contributed by atoms with van der Waals surface area (Å²) in [5, 5.41) is 0. The number of likely N-dealkylation sites (N-methyl/N-ethyl adjacent to an activating group) is 1. The Morgan fingerprint density at radius 3 is 2.63 bits per heavy atom. The molecule has 2 rings (SSSR count). The highest BCUT2D eigenvalue weighted by Crippen LogP contribution is 2.25. The minimum Gasteiger partial charge on any atom is -0.323 e. The van der Waals surface area contributed by atoms with Crippen molar-refractivity contribution < 1.29 is 8.78 Å². The first kappa shape index (κ1) is 14.4. The summed E-state index contributed by atoms with van der Waals surface area (Å²) in [6, 6.07) is 3.56. The third-order valence-electron chi connectivity index (χ3n) is 4.04. The Hall–Kier alpha value is -1.00. The second-order valence-electron chi connectivity index (χ2n) is 5.30. The van der Waals surface area contributed by atoms with Gasteiger partial charge in [0.25, 0.3) is 0 Å². The summed E-state index contributed by atoms with van der Waals surface area (Å²) in [6.07, 6.45) is 4.88. The summed E-state index contributed by atoms with van der Waals surface area (Å²) in [6.45, 7) is 3.57. The third kappa shape index (κ3) is 3.51. The molecule has 4 heteroatoms. The second-order valence-corrected chi connectivity index (χ2v) is 5.30. The first-order chi connectivity index (χ1) is 9.11. The lowest BCUT2D eigenvalue weighted by molar-refractivity contribution is 0.195. The van der Waals surface area contributed by atoms with E-state index in [4.69, 9.17) is 5.73 Å². The van der Waals surface area contributed by atoms with Gasteiger partial charge in [0.05, 0.1) is 0 Å². The van der Waals surface area contributed by atoms with Crippen LogP contribution in [0.25, 0.3) is 0 Å². The Kier molecular flexibility index (Phi) is 4.88. The molecule has 1 atom stereocenters. The molecular weight excluding hydrogens is 246 g/mol. The topological polar surface area (TPSA) is 29.3 Å². The van der Waals surface area contributed by atoms with Gasteiger partial charge in [-0.3, -0.25) is 4.90 Å². The van der Waals surface area contributed by atoms with Crippen molar-refractivity contribution in [3.63, 3.8) is 0 Å². The van der Waals surface area contributed by atoms with E-state index < -0.39 is 17.7 Å². The largest absolute Gasteiger partial charge is 0.323 e. The number of benzene rings is 1. The van der Waals surface area contributed by atoms with Crippen LogP contribution in [0.3, 0.4) is 0 Å². The van der Waals surface area contributed by atoms with E-state index >= 15 is 0 Å². The summed E-state index contributed by atoms with van der Waals surface area (Å²) in [5.41, 5.74) is 6.33. The Morgan fingerprint density at radius 1 is 1.32 bits per heavy atom. The molecule has 106 valence electrons. The molecular formula is C15H22F2N2. The standard InChI is InChI=1S/C15H22F2N2/c1-2-19(12-5-3-4-6-12)10-15(18)13-9-11(16)7-8-14(13)17/h7-9,12,15H,2-6,10,18H2,1H3. The van der Waals surface area contributed by atoms with E-state index in [0.717, 1.165) is 18.7 Å². The molecule has 1 saturated carbocycles. The molecule has 0 spiro atoms. The van der Waals surface area contributed by atoms with Crippen LogP contribution < -0.4 is 5.73 Å². The lowest BCUT2D eigenvalue weighted by Crippen LogP contribution is -2.38. The van der Waals surface area contributed by atoms with E-state index in [1.807, 2.05) is 0 Å². The normalized spacial score (nSPS) is 18.2. The van der Waals surface area contributed by atoms with Crippen LogP contribution >= 0.6 is 0 Å². The molecule has 1 fully saturated rings. The van der Waals surface area contributed by atoms with Crippen LogP contribution in [-0.2, 0) is 0 Å². The molecule has 1 aromatic carbocycles. The first-order valence-corrected chi connectivity index (χ1v) is 7.06. The Bertz CT molecular complexity index is 417. The minimum atomic E-state index is -0.476. The maximum absolute atomic E-state index is 13.7. The van der Waals surface area contributed by atoms with E-state index in [2.05, 4.69) is 11.8 Å². The van der Waals surface area contributed by atoms with Gasteiger partial charge < -0.3 is 5.73 Å².